The van der Waals surface area contributed by atoms with E-state index < -0.39 is 35.5 Å². The van der Waals surface area contributed by atoms with Crippen LogP contribution in [-0.4, -0.2) is 72.1 Å². The molecule has 1 unspecified atom stereocenters. The van der Waals surface area contributed by atoms with Crippen molar-refractivity contribution in [2.24, 2.45) is 5.92 Å². The summed E-state index contributed by atoms with van der Waals surface area (Å²) in [5.41, 5.74) is 0.524. The summed E-state index contributed by atoms with van der Waals surface area (Å²) in [7, 11) is 5.48. The van der Waals surface area contributed by atoms with Crippen LogP contribution in [0.4, 0.5) is 4.39 Å². The third-order valence-electron chi connectivity index (χ3n) is 7.10. The minimum atomic E-state index is -1.65. The predicted octanol–water partition coefficient (Wildman–Crippen LogP) is 0.983. The second-order valence-electron chi connectivity index (χ2n) is 10.0. The van der Waals surface area contributed by atoms with Gasteiger partial charge in [-0.2, -0.15) is 5.26 Å². The maximum absolute atomic E-state index is 14.4. The summed E-state index contributed by atoms with van der Waals surface area (Å²) in [6.07, 6.45) is 1.10. The second-order valence-corrected chi connectivity index (χ2v) is 10.0. The van der Waals surface area contributed by atoms with Crippen LogP contribution in [0.3, 0.4) is 0 Å². The zero-order valence-electron chi connectivity index (χ0n) is 20.3. The van der Waals surface area contributed by atoms with Crippen molar-refractivity contribution in [3.63, 3.8) is 0 Å². The number of rotatable bonds is 7. The molecule has 0 aliphatic carbocycles. The number of alkyl halides is 1. The molecule has 4 rings (SSSR count). The highest BCUT2D eigenvalue weighted by molar-refractivity contribution is 6.08. The van der Waals surface area contributed by atoms with Gasteiger partial charge in [-0.15, -0.1) is 0 Å². The van der Waals surface area contributed by atoms with Crippen LogP contribution in [0.25, 0.3) is 0 Å². The summed E-state index contributed by atoms with van der Waals surface area (Å²) < 4.78 is 14.4. The number of nitriles is 1. The second kappa shape index (κ2) is 10.3. The summed E-state index contributed by atoms with van der Waals surface area (Å²) in [6.45, 7) is 2.21. The fourth-order valence-corrected chi connectivity index (χ4v) is 5.22. The number of carbonyl (C=O) groups excluding carboxylic acids is 4. The van der Waals surface area contributed by atoms with Crippen molar-refractivity contribution in [3.05, 3.63) is 34.9 Å². The Balaban J connectivity index is 1.36. The van der Waals surface area contributed by atoms with Gasteiger partial charge in [-0.3, -0.25) is 19.2 Å². The van der Waals surface area contributed by atoms with Gasteiger partial charge < -0.3 is 20.4 Å². The van der Waals surface area contributed by atoms with Gasteiger partial charge in [0.05, 0.1) is 20.5 Å². The first-order valence-corrected chi connectivity index (χ1v) is 12.2. The Morgan fingerprint density at radius 2 is 2.11 bits per heavy atom. The van der Waals surface area contributed by atoms with E-state index in [-0.39, 0.29) is 44.2 Å². The molecule has 11 heteroatoms. The molecular weight excluding hydrogens is 464 g/mol. The minimum absolute atomic E-state index is 0.0691. The molecule has 1 aromatic carbocycles. The van der Waals surface area contributed by atoms with Crippen LogP contribution in [0.15, 0.2) is 18.2 Å². The van der Waals surface area contributed by atoms with Crippen molar-refractivity contribution < 1.29 is 23.6 Å². The molecule has 2 saturated heterocycles. The first kappa shape index (κ1) is 25.7. The largest absolute Gasteiger partial charge is 0.352 e. The maximum Gasteiger partial charge on any atom is 0.251 e. The lowest BCUT2D eigenvalue weighted by atomic mass is 9.99. The molecule has 2 fully saturated rings. The number of nitrogens with zero attached hydrogens (tertiary/aromatic N) is 3. The van der Waals surface area contributed by atoms with Crippen molar-refractivity contribution in [2.75, 3.05) is 13.1 Å². The van der Waals surface area contributed by atoms with Crippen LogP contribution in [0.1, 0.15) is 54.1 Å². The molecule has 36 heavy (non-hydrogen) atoms. The Morgan fingerprint density at radius 1 is 1.33 bits per heavy atom. The molecule has 4 amide bonds. The van der Waals surface area contributed by atoms with Gasteiger partial charge in [0.1, 0.15) is 17.8 Å². The minimum Gasteiger partial charge on any atom is -0.352 e. The lowest BCUT2D eigenvalue weighted by Crippen LogP contribution is -2.46. The molecule has 3 aliphatic heterocycles. The van der Waals surface area contributed by atoms with Gasteiger partial charge in [0.2, 0.25) is 17.7 Å². The maximum atomic E-state index is 14.4. The monoisotopic (exact) mass is 493 g/mol. The molecule has 0 bridgehead atoms. The van der Waals surface area contributed by atoms with Crippen molar-refractivity contribution in [1.82, 2.24) is 20.4 Å². The molecule has 2 radical (unpaired) electrons. The van der Waals surface area contributed by atoms with Crippen LogP contribution < -0.4 is 10.6 Å². The zero-order valence-corrected chi connectivity index (χ0v) is 20.3. The molecule has 0 spiro atoms. The lowest BCUT2D eigenvalue weighted by molar-refractivity contribution is -0.135. The molecule has 0 aromatic heterocycles. The molecule has 3 heterocycles. The lowest BCUT2D eigenvalue weighted by Gasteiger charge is -2.23. The number of halogens is 1. The zero-order chi connectivity index (χ0) is 26.0. The number of hydrogen-bond donors (Lipinski definition) is 2. The molecule has 3 aliphatic rings. The van der Waals surface area contributed by atoms with E-state index in [0.717, 1.165) is 11.1 Å². The Labute approximate surface area is 210 Å². The van der Waals surface area contributed by atoms with Gasteiger partial charge >= 0.3 is 0 Å². The number of benzene rings is 1. The summed E-state index contributed by atoms with van der Waals surface area (Å²) in [5, 5.41) is 14.8. The van der Waals surface area contributed by atoms with Crippen LogP contribution >= 0.6 is 0 Å². The predicted molar refractivity (Wildman–Crippen MR) is 128 cm³/mol. The number of carbonyl (C=O) groups is 4. The summed E-state index contributed by atoms with van der Waals surface area (Å²) in [4.78, 5) is 53.9. The number of fused-ring (bicyclic) bond motifs is 1. The average Bonchev–Trinajstić information content (AvgIpc) is 3.53. The van der Waals surface area contributed by atoms with E-state index >= 15 is 0 Å². The molecule has 9 nitrogen and oxygen atoms in total. The van der Waals surface area contributed by atoms with E-state index in [1.54, 1.807) is 17.0 Å². The van der Waals surface area contributed by atoms with Gasteiger partial charge in [-0.25, -0.2) is 4.39 Å². The van der Waals surface area contributed by atoms with E-state index in [9.17, 15) is 28.8 Å². The summed E-state index contributed by atoms with van der Waals surface area (Å²) in [5.74, 6) is -2.07. The molecule has 4 atom stereocenters. The Morgan fingerprint density at radius 3 is 2.83 bits per heavy atom. The third-order valence-corrected chi connectivity index (χ3v) is 7.10. The van der Waals surface area contributed by atoms with Crippen molar-refractivity contribution in [2.45, 2.75) is 69.8 Å². The standard InChI is InChI=1S/C25H29BFN5O4/c1-25(27)10-17(11-28)32(14-25)24(36)20-8-16(22(34)30-20)9-21(33)31-12-15-4-2-5-18(19(15)13-31)23(35)29-7-3-6-26/h2,4-5,16-17,20H,3,6-10,12-14H2,1H3,(H,29,35)(H,30,34)/t16-,17-,20-,25?/m0/s1. The number of likely N-dealkylation sites (tertiary alicyclic amines) is 1. The van der Waals surface area contributed by atoms with Crippen molar-refractivity contribution >= 4 is 31.5 Å². The van der Waals surface area contributed by atoms with E-state index in [4.69, 9.17) is 7.85 Å². The molecule has 188 valence electrons. The van der Waals surface area contributed by atoms with Crippen molar-refractivity contribution in [3.8, 4) is 6.07 Å². The smallest absolute Gasteiger partial charge is 0.251 e. The van der Waals surface area contributed by atoms with Crippen LogP contribution in [0, 0.1) is 17.2 Å². The van der Waals surface area contributed by atoms with Gasteiger partial charge in [0, 0.05) is 44.0 Å². The average molecular weight is 493 g/mol. The Hall–Kier alpha value is -3.42. The quantitative estimate of drug-likeness (QED) is 0.433. The number of amides is 4. The highest BCUT2D eigenvalue weighted by atomic mass is 19.1. The van der Waals surface area contributed by atoms with Crippen LogP contribution in [0.2, 0.25) is 6.32 Å². The SMILES string of the molecule is [B]CCCNC(=O)c1cccc2c1CN(C(=O)C[C@@H]1C[C@@H](C(=O)N3CC(C)(F)C[C@H]3C#N)NC1=O)C2. The molecule has 1 aromatic rings. The topological polar surface area (TPSA) is 123 Å². The first-order valence-electron chi connectivity index (χ1n) is 12.2. The summed E-state index contributed by atoms with van der Waals surface area (Å²) in [6, 6.07) is 5.56. The van der Waals surface area contributed by atoms with E-state index in [2.05, 4.69) is 10.6 Å². The van der Waals surface area contributed by atoms with Gasteiger partial charge in [-0.1, -0.05) is 18.5 Å². The van der Waals surface area contributed by atoms with E-state index in [0.29, 0.717) is 31.4 Å². The Kier molecular flexibility index (Phi) is 7.34. The molecule has 2 N–H and O–H groups in total. The van der Waals surface area contributed by atoms with E-state index in [1.807, 2.05) is 12.1 Å². The highest BCUT2D eigenvalue weighted by Gasteiger charge is 2.47. The first-order chi connectivity index (χ1) is 17.1. The van der Waals surface area contributed by atoms with Crippen LogP contribution in [-0.2, 0) is 27.5 Å². The number of nitrogens with one attached hydrogen (secondary N) is 2. The molecule has 0 saturated carbocycles. The van der Waals surface area contributed by atoms with Gasteiger partial charge in [0.25, 0.3) is 5.91 Å². The van der Waals surface area contributed by atoms with E-state index in [1.165, 1.54) is 11.8 Å². The Bertz CT molecular complexity index is 1120. The van der Waals surface area contributed by atoms with Gasteiger partial charge in [-0.05, 0) is 37.0 Å². The number of hydrogen-bond acceptors (Lipinski definition) is 5. The highest BCUT2D eigenvalue weighted by Crippen LogP contribution is 2.33. The van der Waals surface area contributed by atoms with Crippen LogP contribution in [0.5, 0.6) is 0 Å². The third kappa shape index (κ3) is 5.22. The summed E-state index contributed by atoms with van der Waals surface area (Å²) >= 11 is 0. The fourth-order valence-electron chi connectivity index (χ4n) is 5.22. The molecular formula is C25H29BFN5O4. The normalized spacial score (nSPS) is 26.9. The van der Waals surface area contributed by atoms with Crippen molar-refractivity contribution in [1.29, 1.82) is 5.26 Å². The van der Waals surface area contributed by atoms with Gasteiger partial charge in [0.15, 0.2) is 0 Å². The fraction of sp³-hybridized carbons (Fsp3) is 0.560.